The molecule has 2 heterocycles. The van der Waals surface area contributed by atoms with Crippen LogP contribution in [0.3, 0.4) is 0 Å². The van der Waals surface area contributed by atoms with Crippen LogP contribution in [0.1, 0.15) is 56.0 Å². The van der Waals surface area contributed by atoms with Gasteiger partial charge in [-0.2, -0.15) is 0 Å². The van der Waals surface area contributed by atoms with Gasteiger partial charge in [0.2, 0.25) is 0 Å². The fourth-order valence-corrected chi connectivity index (χ4v) is 6.94. The minimum absolute atomic E-state index is 0.112. The molecule has 5 rings (SSSR count). The van der Waals surface area contributed by atoms with E-state index in [1.165, 1.54) is 16.9 Å². The van der Waals surface area contributed by atoms with Crippen LogP contribution in [0.5, 0.6) is 17.2 Å². The lowest BCUT2D eigenvalue weighted by Gasteiger charge is -2.26. The Labute approximate surface area is 279 Å². The smallest absolute Gasteiger partial charge is 0.338 e. The summed E-state index contributed by atoms with van der Waals surface area (Å²) in [5.41, 5.74) is 4.22. The monoisotopic (exact) mass is 738 g/mol. The maximum absolute atomic E-state index is 14.2. The first-order valence-corrected chi connectivity index (χ1v) is 16.5. The Bertz CT molecular complexity index is 1940. The van der Waals surface area contributed by atoms with Crippen molar-refractivity contribution in [2.75, 3.05) is 13.7 Å². The number of ether oxygens (including phenoxy) is 4. The van der Waals surface area contributed by atoms with E-state index >= 15 is 0 Å². The van der Waals surface area contributed by atoms with Crippen molar-refractivity contribution in [1.82, 2.24) is 4.57 Å². The molecule has 0 saturated carbocycles. The van der Waals surface area contributed by atoms with Crippen LogP contribution >= 0.6 is 33.9 Å². The van der Waals surface area contributed by atoms with Gasteiger partial charge in [0.15, 0.2) is 16.3 Å². The van der Waals surface area contributed by atoms with Crippen molar-refractivity contribution in [3.8, 4) is 17.2 Å². The van der Waals surface area contributed by atoms with E-state index < -0.39 is 12.0 Å². The molecule has 0 radical (unpaired) electrons. The first-order chi connectivity index (χ1) is 21.6. The Morgan fingerprint density at radius 3 is 2.51 bits per heavy atom. The summed E-state index contributed by atoms with van der Waals surface area (Å²) in [6.07, 6.45) is 1.70. The van der Waals surface area contributed by atoms with Crippen molar-refractivity contribution in [1.29, 1.82) is 0 Å². The van der Waals surface area contributed by atoms with Crippen molar-refractivity contribution in [2.45, 2.75) is 53.4 Å². The largest absolute Gasteiger partial charge is 0.493 e. The molecule has 8 nitrogen and oxygen atoms in total. The second-order valence-electron chi connectivity index (χ2n) is 10.8. The molecule has 1 atom stereocenters. The third-order valence-electron chi connectivity index (χ3n) is 7.15. The number of hydrogen-bond acceptors (Lipinski definition) is 8. The number of fused-ring (bicyclic) bond motifs is 1. The number of allylic oxidation sites excluding steroid dienone is 1. The Balaban J connectivity index is 1.60. The summed E-state index contributed by atoms with van der Waals surface area (Å²) in [4.78, 5) is 32.7. The van der Waals surface area contributed by atoms with E-state index in [1.54, 1.807) is 25.5 Å². The summed E-state index contributed by atoms with van der Waals surface area (Å²) in [5, 5.41) is 0. The molecule has 0 N–H and O–H groups in total. The number of nitrogens with zero attached hydrogens (tertiary/aromatic N) is 2. The minimum atomic E-state index is -0.773. The van der Waals surface area contributed by atoms with Gasteiger partial charge in [-0.1, -0.05) is 59.4 Å². The fraction of sp³-hybridized carbons (Fsp3) is 0.286. The number of benzene rings is 3. The molecule has 10 heteroatoms. The summed E-state index contributed by atoms with van der Waals surface area (Å²) in [6, 6.07) is 18.7. The average molecular weight is 739 g/mol. The predicted molar refractivity (Wildman–Crippen MR) is 184 cm³/mol. The second-order valence-corrected chi connectivity index (χ2v) is 13.0. The van der Waals surface area contributed by atoms with Crippen molar-refractivity contribution >= 4 is 46.0 Å². The molecule has 0 amide bonds. The normalized spacial score (nSPS) is 14.7. The highest BCUT2D eigenvalue weighted by molar-refractivity contribution is 14.1. The van der Waals surface area contributed by atoms with Gasteiger partial charge >= 0.3 is 5.97 Å². The van der Waals surface area contributed by atoms with Crippen molar-refractivity contribution in [3.05, 3.63) is 117 Å². The summed E-state index contributed by atoms with van der Waals surface area (Å²) < 4.78 is 26.3. The lowest BCUT2D eigenvalue weighted by Crippen LogP contribution is -2.40. The highest BCUT2D eigenvalue weighted by Crippen LogP contribution is 2.37. The highest BCUT2D eigenvalue weighted by atomic mass is 127. The van der Waals surface area contributed by atoms with Crippen LogP contribution in [0, 0.1) is 10.5 Å². The molecular formula is C35H35IN2O6S. The van der Waals surface area contributed by atoms with Crippen LogP contribution in [0.25, 0.3) is 6.08 Å². The number of aromatic nitrogens is 1. The van der Waals surface area contributed by atoms with Crippen LogP contribution in [-0.2, 0) is 16.1 Å². The quantitative estimate of drug-likeness (QED) is 0.145. The Morgan fingerprint density at radius 1 is 1.09 bits per heavy atom. The highest BCUT2D eigenvalue weighted by Gasteiger charge is 2.35. The SMILES string of the molecule is CCOC(=O)C1=C(C)N=c2s/c(=C/c3cc(I)c(OCc4ccc(C)cc4)c(OC)c3)c(=O)n2[C@H]1c1ccccc1OC(C)C. The number of thiazole rings is 1. The number of halogens is 1. The van der Waals surface area contributed by atoms with Gasteiger partial charge in [-0.25, -0.2) is 9.79 Å². The number of carbonyl (C=O) groups excluding carboxylic acids is 1. The number of carbonyl (C=O) groups is 1. The summed E-state index contributed by atoms with van der Waals surface area (Å²) in [5.74, 6) is 1.27. The third-order valence-corrected chi connectivity index (χ3v) is 8.93. The van der Waals surface area contributed by atoms with Gasteiger partial charge < -0.3 is 18.9 Å². The molecule has 0 unspecified atom stereocenters. The van der Waals surface area contributed by atoms with Gasteiger partial charge in [-0.15, -0.1) is 0 Å². The Morgan fingerprint density at radius 2 is 1.82 bits per heavy atom. The molecule has 0 fully saturated rings. The lowest BCUT2D eigenvalue weighted by atomic mass is 9.95. The molecule has 234 valence electrons. The molecule has 45 heavy (non-hydrogen) atoms. The fourth-order valence-electron chi connectivity index (χ4n) is 5.11. The van der Waals surface area contributed by atoms with Gasteiger partial charge in [0.1, 0.15) is 18.4 Å². The van der Waals surface area contributed by atoms with Crippen LogP contribution < -0.4 is 29.1 Å². The second kappa shape index (κ2) is 14.0. The minimum Gasteiger partial charge on any atom is -0.493 e. The molecule has 1 aromatic heterocycles. The number of aryl methyl sites for hydroxylation is 1. The third kappa shape index (κ3) is 7.01. The molecule has 3 aromatic carbocycles. The van der Waals surface area contributed by atoms with E-state index in [1.807, 2.05) is 75.4 Å². The van der Waals surface area contributed by atoms with E-state index in [4.69, 9.17) is 23.9 Å². The Hall–Kier alpha value is -3.90. The van der Waals surface area contributed by atoms with E-state index in [-0.39, 0.29) is 18.3 Å². The van der Waals surface area contributed by atoms with Gasteiger partial charge in [0.25, 0.3) is 5.56 Å². The first kappa shape index (κ1) is 32.5. The summed E-state index contributed by atoms with van der Waals surface area (Å²) >= 11 is 3.48. The van der Waals surface area contributed by atoms with Gasteiger partial charge in [-0.05, 0) is 92.6 Å². The van der Waals surface area contributed by atoms with Crippen molar-refractivity contribution in [2.24, 2.45) is 4.99 Å². The molecule has 0 spiro atoms. The van der Waals surface area contributed by atoms with E-state index in [2.05, 4.69) is 34.7 Å². The molecule has 0 saturated heterocycles. The van der Waals surface area contributed by atoms with Crippen molar-refractivity contribution < 1.29 is 23.7 Å². The number of rotatable bonds is 10. The van der Waals surface area contributed by atoms with E-state index in [9.17, 15) is 9.59 Å². The van der Waals surface area contributed by atoms with Crippen LogP contribution in [0.4, 0.5) is 0 Å². The summed E-state index contributed by atoms with van der Waals surface area (Å²) in [7, 11) is 1.60. The zero-order valence-electron chi connectivity index (χ0n) is 26.0. The van der Waals surface area contributed by atoms with Crippen molar-refractivity contribution in [3.63, 3.8) is 0 Å². The molecule has 0 bridgehead atoms. The van der Waals surface area contributed by atoms with Gasteiger partial charge in [-0.3, -0.25) is 9.36 Å². The Kier molecular flexibility index (Phi) is 10.1. The summed E-state index contributed by atoms with van der Waals surface area (Å²) in [6.45, 7) is 10.0. The molecule has 1 aliphatic rings. The zero-order chi connectivity index (χ0) is 32.2. The van der Waals surface area contributed by atoms with Crippen LogP contribution in [0.2, 0.25) is 0 Å². The maximum atomic E-state index is 14.2. The van der Waals surface area contributed by atoms with Crippen LogP contribution in [-0.4, -0.2) is 30.4 Å². The maximum Gasteiger partial charge on any atom is 0.338 e. The standard InChI is InChI=1S/C35H35IN2O6S/c1-7-42-34(40)30-22(5)37-35-38(31(30)25-10-8-9-11-27(25)44-20(2)3)33(39)29(45-35)18-24-16-26(36)32(28(17-24)41-6)43-19-23-14-12-21(4)13-15-23/h8-18,20,31H,7,19H2,1-6H3/b29-18+/t31-/m0/s1. The molecular weight excluding hydrogens is 703 g/mol. The van der Waals surface area contributed by atoms with E-state index in [0.717, 1.165) is 14.7 Å². The molecule has 0 aliphatic carbocycles. The topological polar surface area (TPSA) is 88.4 Å². The number of hydrogen-bond donors (Lipinski definition) is 0. The first-order valence-electron chi connectivity index (χ1n) is 14.6. The number of methoxy groups -OCH3 is 1. The van der Waals surface area contributed by atoms with Gasteiger partial charge in [0, 0.05) is 5.56 Å². The molecule has 1 aliphatic heterocycles. The van der Waals surface area contributed by atoms with Gasteiger partial charge in [0.05, 0.1) is 39.2 Å². The number of para-hydroxylation sites is 1. The van der Waals surface area contributed by atoms with Crippen LogP contribution in [0.15, 0.2) is 81.7 Å². The zero-order valence-corrected chi connectivity index (χ0v) is 29.0. The lowest BCUT2D eigenvalue weighted by molar-refractivity contribution is -0.139. The predicted octanol–water partition coefficient (Wildman–Crippen LogP) is 6.09. The number of esters is 1. The van der Waals surface area contributed by atoms with E-state index in [0.29, 0.717) is 50.0 Å². The molecule has 4 aromatic rings. The average Bonchev–Trinajstić information content (AvgIpc) is 3.30.